The fourth-order valence-electron chi connectivity index (χ4n) is 3.08. The molecular weight excluding hydrogens is 174 g/mol. The number of rotatable bonds is 1. The van der Waals surface area contributed by atoms with Crippen molar-refractivity contribution in [2.24, 2.45) is 17.6 Å². The molecule has 2 aliphatic carbocycles. The molecule has 2 atom stereocenters. The van der Waals surface area contributed by atoms with Crippen molar-refractivity contribution in [3.8, 4) is 0 Å². The van der Waals surface area contributed by atoms with E-state index in [9.17, 15) is 4.79 Å². The number of fused-ring (bicyclic) bond motifs is 1. The highest BCUT2D eigenvalue weighted by molar-refractivity contribution is 5.86. The SMILES string of the molecule is NC(=O)/C=C1/CC[C@H]2CCCC[C@@H]2C1. The lowest BCUT2D eigenvalue weighted by molar-refractivity contribution is -0.113. The second-order valence-electron chi connectivity index (χ2n) is 4.75. The van der Waals surface area contributed by atoms with Crippen LogP contribution in [0.4, 0.5) is 0 Å². The quantitative estimate of drug-likeness (QED) is 0.638. The van der Waals surface area contributed by atoms with Crippen molar-refractivity contribution in [3.63, 3.8) is 0 Å². The lowest BCUT2D eigenvalue weighted by Gasteiger charge is -2.36. The minimum absolute atomic E-state index is 0.269. The Morgan fingerprint density at radius 1 is 1.21 bits per heavy atom. The van der Waals surface area contributed by atoms with Crippen LogP contribution >= 0.6 is 0 Å². The first-order valence-corrected chi connectivity index (χ1v) is 5.74. The molecule has 0 aromatic rings. The molecule has 2 N–H and O–H groups in total. The van der Waals surface area contributed by atoms with Crippen LogP contribution in [0.5, 0.6) is 0 Å². The van der Waals surface area contributed by atoms with E-state index in [2.05, 4.69) is 0 Å². The van der Waals surface area contributed by atoms with E-state index < -0.39 is 0 Å². The molecular formula is C12H19NO. The third-order valence-electron chi connectivity index (χ3n) is 3.77. The number of hydrogen-bond donors (Lipinski definition) is 1. The molecule has 0 aromatic carbocycles. The molecule has 14 heavy (non-hydrogen) atoms. The van der Waals surface area contributed by atoms with Crippen LogP contribution < -0.4 is 5.73 Å². The zero-order valence-corrected chi connectivity index (χ0v) is 8.67. The Balaban J connectivity index is 1.99. The summed E-state index contributed by atoms with van der Waals surface area (Å²) in [6, 6.07) is 0. The maximum Gasteiger partial charge on any atom is 0.241 e. The first-order chi connectivity index (χ1) is 6.75. The second kappa shape index (κ2) is 4.16. The van der Waals surface area contributed by atoms with Gasteiger partial charge in [0.15, 0.2) is 0 Å². The van der Waals surface area contributed by atoms with Crippen LogP contribution in [0.1, 0.15) is 44.9 Å². The van der Waals surface area contributed by atoms with Gasteiger partial charge in [0.05, 0.1) is 0 Å². The van der Waals surface area contributed by atoms with Crippen molar-refractivity contribution < 1.29 is 4.79 Å². The molecule has 0 radical (unpaired) electrons. The van der Waals surface area contributed by atoms with Crippen LogP contribution in [-0.4, -0.2) is 5.91 Å². The smallest absolute Gasteiger partial charge is 0.241 e. The number of hydrogen-bond acceptors (Lipinski definition) is 1. The van der Waals surface area contributed by atoms with Gasteiger partial charge < -0.3 is 5.73 Å². The first kappa shape index (κ1) is 9.75. The van der Waals surface area contributed by atoms with Gasteiger partial charge in [-0.05, 0) is 37.5 Å². The fourth-order valence-corrected chi connectivity index (χ4v) is 3.08. The second-order valence-corrected chi connectivity index (χ2v) is 4.75. The van der Waals surface area contributed by atoms with Crippen LogP contribution in [0.25, 0.3) is 0 Å². The molecule has 0 saturated heterocycles. The van der Waals surface area contributed by atoms with E-state index in [0.717, 1.165) is 24.7 Å². The highest BCUT2D eigenvalue weighted by Crippen LogP contribution is 2.42. The third kappa shape index (κ3) is 2.17. The lowest BCUT2D eigenvalue weighted by Crippen LogP contribution is -2.24. The minimum atomic E-state index is -0.269. The Hall–Kier alpha value is -0.790. The zero-order valence-electron chi connectivity index (χ0n) is 8.67. The summed E-state index contributed by atoms with van der Waals surface area (Å²) < 4.78 is 0. The lowest BCUT2D eigenvalue weighted by atomic mass is 9.69. The average molecular weight is 193 g/mol. The highest BCUT2D eigenvalue weighted by atomic mass is 16.1. The molecule has 2 saturated carbocycles. The summed E-state index contributed by atoms with van der Waals surface area (Å²) in [7, 11) is 0. The summed E-state index contributed by atoms with van der Waals surface area (Å²) in [5, 5.41) is 0. The largest absolute Gasteiger partial charge is 0.366 e. The molecule has 2 aliphatic rings. The van der Waals surface area contributed by atoms with E-state index in [1.807, 2.05) is 0 Å². The van der Waals surface area contributed by atoms with Gasteiger partial charge in [-0.15, -0.1) is 0 Å². The monoisotopic (exact) mass is 193 g/mol. The van der Waals surface area contributed by atoms with Gasteiger partial charge in [-0.2, -0.15) is 0 Å². The average Bonchev–Trinajstić information content (AvgIpc) is 2.17. The standard InChI is InChI=1S/C12H19NO/c13-12(14)8-9-5-6-10-3-1-2-4-11(10)7-9/h8,10-11H,1-7H2,(H2,13,14)/b9-8-/t10-,11-/m1/s1. The van der Waals surface area contributed by atoms with E-state index >= 15 is 0 Å². The van der Waals surface area contributed by atoms with E-state index in [1.165, 1.54) is 37.7 Å². The Morgan fingerprint density at radius 3 is 2.64 bits per heavy atom. The molecule has 2 rings (SSSR count). The van der Waals surface area contributed by atoms with E-state index in [1.54, 1.807) is 6.08 Å². The van der Waals surface area contributed by atoms with Gasteiger partial charge in [-0.1, -0.05) is 24.8 Å². The van der Waals surface area contributed by atoms with Crippen molar-refractivity contribution in [1.82, 2.24) is 0 Å². The van der Waals surface area contributed by atoms with Crippen LogP contribution in [0.2, 0.25) is 0 Å². The van der Waals surface area contributed by atoms with Crippen LogP contribution in [0.3, 0.4) is 0 Å². The van der Waals surface area contributed by atoms with Gasteiger partial charge in [-0.3, -0.25) is 4.79 Å². The van der Waals surface area contributed by atoms with Gasteiger partial charge >= 0.3 is 0 Å². The summed E-state index contributed by atoms with van der Waals surface area (Å²) in [5.74, 6) is 1.52. The van der Waals surface area contributed by atoms with Crippen molar-refractivity contribution in [2.45, 2.75) is 44.9 Å². The predicted molar refractivity (Wildman–Crippen MR) is 56.6 cm³/mol. The van der Waals surface area contributed by atoms with Crippen molar-refractivity contribution in [3.05, 3.63) is 11.6 Å². The molecule has 0 heterocycles. The van der Waals surface area contributed by atoms with Crippen molar-refractivity contribution in [1.29, 1.82) is 0 Å². The zero-order chi connectivity index (χ0) is 9.97. The van der Waals surface area contributed by atoms with Gasteiger partial charge in [0.1, 0.15) is 0 Å². The highest BCUT2D eigenvalue weighted by Gasteiger charge is 2.29. The molecule has 0 spiro atoms. The van der Waals surface area contributed by atoms with Crippen LogP contribution in [0.15, 0.2) is 11.6 Å². The number of carbonyl (C=O) groups is 1. The normalized spacial score (nSPS) is 35.3. The molecule has 0 aromatic heterocycles. The molecule has 2 heteroatoms. The molecule has 0 aliphatic heterocycles. The molecule has 2 fully saturated rings. The molecule has 2 nitrogen and oxygen atoms in total. The Labute approximate surface area is 85.6 Å². The topological polar surface area (TPSA) is 43.1 Å². The minimum Gasteiger partial charge on any atom is -0.366 e. The van der Waals surface area contributed by atoms with E-state index in [-0.39, 0.29) is 5.91 Å². The van der Waals surface area contributed by atoms with Crippen molar-refractivity contribution in [2.75, 3.05) is 0 Å². The van der Waals surface area contributed by atoms with Crippen LogP contribution in [-0.2, 0) is 4.79 Å². The Morgan fingerprint density at radius 2 is 1.93 bits per heavy atom. The van der Waals surface area contributed by atoms with Gasteiger partial charge in [0.25, 0.3) is 0 Å². The summed E-state index contributed by atoms with van der Waals surface area (Å²) in [6.07, 6.45) is 10.7. The molecule has 0 bridgehead atoms. The third-order valence-corrected chi connectivity index (χ3v) is 3.77. The summed E-state index contributed by atoms with van der Waals surface area (Å²) >= 11 is 0. The van der Waals surface area contributed by atoms with E-state index in [0.29, 0.717) is 0 Å². The number of primary amides is 1. The summed E-state index contributed by atoms with van der Waals surface area (Å²) in [4.78, 5) is 10.8. The predicted octanol–water partition coefficient (Wildman–Crippen LogP) is 2.39. The molecule has 78 valence electrons. The first-order valence-electron chi connectivity index (χ1n) is 5.74. The van der Waals surface area contributed by atoms with Gasteiger partial charge in [0.2, 0.25) is 5.91 Å². The number of carbonyl (C=O) groups excluding carboxylic acids is 1. The molecule has 1 amide bonds. The number of amides is 1. The maximum atomic E-state index is 10.8. The van der Waals surface area contributed by atoms with Gasteiger partial charge in [-0.25, -0.2) is 0 Å². The maximum absolute atomic E-state index is 10.8. The Kier molecular flexibility index (Phi) is 2.90. The summed E-state index contributed by atoms with van der Waals surface area (Å²) in [6.45, 7) is 0. The van der Waals surface area contributed by atoms with Crippen LogP contribution in [0, 0.1) is 11.8 Å². The number of nitrogens with two attached hydrogens (primary N) is 1. The Bertz CT molecular complexity index is 257. The summed E-state index contributed by atoms with van der Waals surface area (Å²) in [5.41, 5.74) is 6.47. The van der Waals surface area contributed by atoms with Crippen molar-refractivity contribution >= 4 is 5.91 Å². The fraction of sp³-hybridized carbons (Fsp3) is 0.750. The number of allylic oxidation sites excluding steroid dienone is 1. The van der Waals surface area contributed by atoms with E-state index in [4.69, 9.17) is 5.73 Å². The van der Waals surface area contributed by atoms with Gasteiger partial charge in [0, 0.05) is 6.08 Å². The molecule has 0 unspecified atom stereocenters.